The van der Waals surface area contributed by atoms with Crippen LogP contribution in [0.1, 0.15) is 10.4 Å². The molecule has 0 unspecified atom stereocenters. The van der Waals surface area contributed by atoms with Crippen molar-refractivity contribution in [3.63, 3.8) is 0 Å². The number of hydrogen-bond donors (Lipinski definition) is 1. The molecule has 17 heavy (non-hydrogen) atoms. The molecule has 0 atom stereocenters. The summed E-state index contributed by atoms with van der Waals surface area (Å²) in [5.41, 5.74) is 0.0143. The van der Waals surface area contributed by atoms with Gasteiger partial charge in [-0.1, -0.05) is 36.4 Å². The minimum atomic E-state index is -4.71. The fourth-order valence-electron chi connectivity index (χ4n) is 1.62. The van der Waals surface area contributed by atoms with Gasteiger partial charge in [-0.05, 0) is 16.8 Å². The fraction of sp³-hybridized carbons (Fsp3) is 0.0833. The monoisotopic (exact) mass is 239 g/mol. The largest absolute Gasteiger partial charge is 0.484 e. The SMILES string of the molecule is O=C(NC(F)(F)F)c1cccc2ccccc12. The van der Waals surface area contributed by atoms with Crippen molar-refractivity contribution in [1.82, 2.24) is 5.32 Å². The number of rotatable bonds is 1. The van der Waals surface area contributed by atoms with Crippen molar-refractivity contribution in [2.45, 2.75) is 6.30 Å². The van der Waals surface area contributed by atoms with Gasteiger partial charge in [0.25, 0.3) is 5.91 Å². The second-order valence-corrected chi connectivity index (χ2v) is 3.48. The van der Waals surface area contributed by atoms with Gasteiger partial charge in [0.2, 0.25) is 0 Å². The normalized spacial score (nSPS) is 11.5. The van der Waals surface area contributed by atoms with Gasteiger partial charge in [0, 0.05) is 5.56 Å². The van der Waals surface area contributed by atoms with Gasteiger partial charge in [-0.2, -0.15) is 13.2 Å². The molecular formula is C12H8F3NO. The first-order chi connectivity index (χ1) is 7.97. The molecule has 88 valence electrons. The van der Waals surface area contributed by atoms with Crippen LogP contribution in [0.25, 0.3) is 10.8 Å². The molecule has 0 saturated carbocycles. The third-order valence-corrected chi connectivity index (χ3v) is 2.29. The van der Waals surface area contributed by atoms with Crippen LogP contribution in [0.3, 0.4) is 0 Å². The first-order valence-corrected chi connectivity index (χ1v) is 4.84. The second-order valence-electron chi connectivity index (χ2n) is 3.48. The standard InChI is InChI=1S/C12H8F3NO/c13-12(14,15)16-11(17)10-7-3-5-8-4-1-2-6-9(8)10/h1-7H,(H,16,17). The van der Waals surface area contributed by atoms with E-state index >= 15 is 0 Å². The molecule has 2 rings (SSSR count). The average molecular weight is 239 g/mol. The summed E-state index contributed by atoms with van der Waals surface area (Å²) in [6, 6.07) is 11.4. The summed E-state index contributed by atoms with van der Waals surface area (Å²) >= 11 is 0. The number of fused-ring (bicyclic) bond motifs is 1. The lowest BCUT2D eigenvalue weighted by atomic mass is 10.0. The van der Waals surface area contributed by atoms with Crippen molar-refractivity contribution < 1.29 is 18.0 Å². The minimum Gasteiger partial charge on any atom is -0.269 e. The summed E-state index contributed by atoms with van der Waals surface area (Å²) in [5.74, 6) is -1.14. The van der Waals surface area contributed by atoms with Gasteiger partial charge in [-0.25, -0.2) is 0 Å². The van der Waals surface area contributed by atoms with Crippen LogP contribution in [-0.2, 0) is 0 Å². The van der Waals surface area contributed by atoms with E-state index in [1.807, 2.05) is 0 Å². The average Bonchev–Trinajstić information content (AvgIpc) is 2.26. The number of carbonyl (C=O) groups excluding carboxylic acids is 1. The van der Waals surface area contributed by atoms with Crippen LogP contribution in [0, 0.1) is 0 Å². The van der Waals surface area contributed by atoms with E-state index in [4.69, 9.17) is 0 Å². The molecule has 0 aliphatic heterocycles. The maximum absolute atomic E-state index is 12.1. The Kier molecular flexibility index (Phi) is 2.75. The number of halogens is 3. The van der Waals surface area contributed by atoms with Gasteiger partial charge in [0.15, 0.2) is 0 Å². The molecule has 0 aliphatic carbocycles. The van der Waals surface area contributed by atoms with Crippen molar-refractivity contribution in [1.29, 1.82) is 0 Å². The minimum absolute atomic E-state index is 0.0143. The smallest absolute Gasteiger partial charge is 0.269 e. The zero-order chi connectivity index (χ0) is 12.5. The van der Waals surface area contributed by atoms with Crippen molar-refractivity contribution in [2.75, 3.05) is 0 Å². The van der Waals surface area contributed by atoms with E-state index in [2.05, 4.69) is 0 Å². The third kappa shape index (κ3) is 2.55. The quantitative estimate of drug-likeness (QED) is 0.761. The summed E-state index contributed by atoms with van der Waals surface area (Å²) in [6.45, 7) is 0. The van der Waals surface area contributed by atoms with Gasteiger partial charge >= 0.3 is 6.30 Å². The Morgan fingerprint density at radius 2 is 1.65 bits per heavy atom. The van der Waals surface area contributed by atoms with Crippen LogP contribution in [0.4, 0.5) is 13.2 Å². The number of amides is 1. The van der Waals surface area contributed by atoms with E-state index in [-0.39, 0.29) is 5.56 Å². The maximum atomic E-state index is 12.1. The topological polar surface area (TPSA) is 29.1 Å². The van der Waals surface area contributed by atoms with E-state index in [9.17, 15) is 18.0 Å². The molecule has 0 fully saturated rings. The van der Waals surface area contributed by atoms with Gasteiger partial charge in [0.1, 0.15) is 0 Å². The first-order valence-electron chi connectivity index (χ1n) is 4.84. The van der Waals surface area contributed by atoms with Crippen molar-refractivity contribution in [2.24, 2.45) is 0 Å². The molecule has 5 heteroatoms. The molecule has 1 N–H and O–H groups in total. The lowest BCUT2D eigenvalue weighted by Gasteiger charge is -2.10. The predicted molar refractivity (Wildman–Crippen MR) is 57.5 cm³/mol. The Bertz CT molecular complexity index is 558. The first kappa shape index (κ1) is 11.4. The highest BCUT2D eigenvalue weighted by Gasteiger charge is 2.30. The van der Waals surface area contributed by atoms with E-state index in [1.165, 1.54) is 6.07 Å². The van der Waals surface area contributed by atoms with Crippen LogP contribution in [0.2, 0.25) is 0 Å². The molecule has 2 aromatic carbocycles. The van der Waals surface area contributed by atoms with Crippen LogP contribution >= 0.6 is 0 Å². The third-order valence-electron chi connectivity index (χ3n) is 2.29. The van der Waals surface area contributed by atoms with Crippen LogP contribution in [-0.4, -0.2) is 12.2 Å². The second kappa shape index (κ2) is 4.08. The molecule has 0 saturated heterocycles. The lowest BCUT2D eigenvalue weighted by Crippen LogP contribution is -2.37. The van der Waals surface area contributed by atoms with Crippen LogP contribution in [0.5, 0.6) is 0 Å². The number of benzene rings is 2. The van der Waals surface area contributed by atoms with Crippen LogP contribution < -0.4 is 5.32 Å². The van der Waals surface area contributed by atoms with Crippen LogP contribution in [0.15, 0.2) is 42.5 Å². The number of nitrogens with one attached hydrogen (secondary N) is 1. The van der Waals surface area contributed by atoms with Gasteiger partial charge in [0.05, 0.1) is 0 Å². The zero-order valence-electron chi connectivity index (χ0n) is 8.58. The predicted octanol–water partition coefficient (Wildman–Crippen LogP) is 3.09. The summed E-state index contributed by atoms with van der Waals surface area (Å²) in [7, 11) is 0. The van der Waals surface area contributed by atoms with E-state index in [0.29, 0.717) is 5.39 Å². The van der Waals surface area contributed by atoms with E-state index in [1.54, 1.807) is 36.4 Å². The molecule has 0 aromatic heterocycles. The van der Waals surface area contributed by atoms with Crippen molar-refractivity contribution in [3.8, 4) is 0 Å². The summed E-state index contributed by atoms with van der Waals surface area (Å²) in [4.78, 5) is 11.4. The molecule has 2 aromatic rings. The molecular weight excluding hydrogens is 231 g/mol. The maximum Gasteiger partial charge on any atom is 0.484 e. The molecule has 1 amide bonds. The Hall–Kier alpha value is -2.04. The number of hydrogen-bond acceptors (Lipinski definition) is 1. The molecule has 0 heterocycles. The van der Waals surface area contributed by atoms with E-state index < -0.39 is 12.2 Å². The zero-order valence-corrected chi connectivity index (χ0v) is 8.58. The highest BCUT2D eigenvalue weighted by atomic mass is 19.4. The summed E-state index contributed by atoms with van der Waals surface area (Å²) < 4.78 is 36.2. The molecule has 0 bridgehead atoms. The highest BCUT2D eigenvalue weighted by molar-refractivity contribution is 6.07. The Balaban J connectivity index is 2.45. The molecule has 0 spiro atoms. The van der Waals surface area contributed by atoms with Crippen molar-refractivity contribution >= 4 is 16.7 Å². The Morgan fingerprint density at radius 1 is 1.00 bits per heavy atom. The highest BCUT2D eigenvalue weighted by Crippen LogP contribution is 2.20. The Morgan fingerprint density at radius 3 is 2.35 bits per heavy atom. The van der Waals surface area contributed by atoms with Crippen molar-refractivity contribution in [3.05, 3.63) is 48.0 Å². The molecule has 0 aliphatic rings. The fourth-order valence-corrected chi connectivity index (χ4v) is 1.62. The summed E-state index contributed by atoms with van der Waals surface area (Å²) in [6.07, 6.45) is -4.71. The number of alkyl halides is 3. The lowest BCUT2D eigenvalue weighted by molar-refractivity contribution is -0.146. The molecule has 0 radical (unpaired) electrons. The molecule has 2 nitrogen and oxygen atoms in total. The number of carbonyl (C=O) groups is 1. The van der Waals surface area contributed by atoms with Gasteiger partial charge in [-0.15, -0.1) is 0 Å². The Labute approximate surface area is 95.1 Å². The van der Waals surface area contributed by atoms with Gasteiger partial charge in [-0.3, -0.25) is 10.1 Å². The summed E-state index contributed by atoms with van der Waals surface area (Å²) in [5, 5.41) is 2.21. The van der Waals surface area contributed by atoms with Gasteiger partial charge < -0.3 is 0 Å². The van der Waals surface area contributed by atoms with E-state index in [0.717, 1.165) is 10.7 Å².